The maximum atomic E-state index is 12.7. The van der Waals surface area contributed by atoms with Gasteiger partial charge in [-0.05, 0) is 37.6 Å². The molecule has 2 heterocycles. The van der Waals surface area contributed by atoms with E-state index >= 15 is 0 Å². The number of nitrogens with zero attached hydrogens (tertiary/aromatic N) is 3. The molecule has 0 aliphatic rings. The first-order chi connectivity index (χ1) is 14.3. The lowest BCUT2D eigenvalue weighted by Gasteiger charge is -2.18. The Labute approximate surface area is 180 Å². The Bertz CT molecular complexity index is 1170. The molecule has 0 atom stereocenters. The van der Waals surface area contributed by atoms with E-state index in [1.165, 1.54) is 22.8 Å². The molecule has 1 amide bonds. The number of aromatic nitrogens is 2. The fourth-order valence-electron chi connectivity index (χ4n) is 3.04. The van der Waals surface area contributed by atoms with E-state index in [-0.39, 0.29) is 11.5 Å². The number of hydrogen-bond donors (Lipinski definition) is 1. The molecule has 0 aliphatic heterocycles. The molecule has 0 aliphatic carbocycles. The number of anilines is 1. The van der Waals surface area contributed by atoms with Crippen LogP contribution in [0.15, 0.2) is 35.5 Å². The van der Waals surface area contributed by atoms with E-state index in [4.69, 9.17) is 4.74 Å². The Morgan fingerprint density at radius 1 is 1.20 bits per heavy atom. The third-order valence-electron chi connectivity index (χ3n) is 4.73. The van der Waals surface area contributed by atoms with Gasteiger partial charge in [-0.1, -0.05) is 19.9 Å². The molecule has 3 aromatic rings. The number of ether oxygens (including phenoxy) is 1. The van der Waals surface area contributed by atoms with Crippen LogP contribution >= 0.6 is 11.3 Å². The number of benzene rings is 1. The zero-order valence-electron chi connectivity index (χ0n) is 17.3. The van der Waals surface area contributed by atoms with Gasteiger partial charge in [0.25, 0.3) is 5.91 Å². The van der Waals surface area contributed by atoms with E-state index < -0.39 is 15.9 Å². The predicted octanol–water partition coefficient (Wildman–Crippen LogP) is 3.36. The monoisotopic (exact) mass is 448 g/mol. The summed E-state index contributed by atoms with van der Waals surface area (Å²) in [4.78, 5) is 22.8. The lowest BCUT2D eigenvalue weighted by molar-refractivity contribution is -0.118. The Morgan fingerprint density at radius 3 is 2.63 bits per heavy atom. The first kappa shape index (κ1) is 22.1. The van der Waals surface area contributed by atoms with Crippen LogP contribution in [0.5, 0.6) is 5.88 Å². The highest BCUT2D eigenvalue weighted by molar-refractivity contribution is 7.89. The standard InChI is InChI=1S/C20H24N4O4S2/c1-5-24(6-2)30(26,27)16-9-7-8-15(10-16)23-17(25)11-28-19-18-13(3)14(4)29-20(18)22-12-21-19/h7-10,12H,5-6,11H2,1-4H3,(H,23,25). The maximum absolute atomic E-state index is 12.7. The van der Waals surface area contributed by atoms with Crippen LogP contribution in [-0.4, -0.2) is 48.3 Å². The lowest BCUT2D eigenvalue weighted by atomic mass is 10.2. The normalized spacial score (nSPS) is 11.8. The Balaban J connectivity index is 1.72. The first-order valence-corrected chi connectivity index (χ1v) is 11.8. The Hall–Kier alpha value is -2.56. The summed E-state index contributed by atoms with van der Waals surface area (Å²) in [6.07, 6.45) is 1.41. The van der Waals surface area contributed by atoms with Crippen LogP contribution in [0.3, 0.4) is 0 Å². The van der Waals surface area contributed by atoms with Crippen molar-refractivity contribution in [2.75, 3.05) is 25.0 Å². The van der Waals surface area contributed by atoms with Crippen LogP contribution in [0.1, 0.15) is 24.3 Å². The third kappa shape index (κ3) is 4.45. The molecule has 0 radical (unpaired) electrons. The van der Waals surface area contributed by atoms with Gasteiger partial charge in [0, 0.05) is 23.7 Å². The summed E-state index contributed by atoms with van der Waals surface area (Å²) < 4.78 is 32.4. The average molecular weight is 449 g/mol. The van der Waals surface area contributed by atoms with Crippen LogP contribution in [-0.2, 0) is 14.8 Å². The molecule has 0 bridgehead atoms. The first-order valence-electron chi connectivity index (χ1n) is 9.51. The molecule has 0 saturated heterocycles. The molecule has 30 heavy (non-hydrogen) atoms. The number of aryl methyl sites for hydroxylation is 2. The van der Waals surface area contributed by atoms with E-state index in [0.717, 1.165) is 20.7 Å². The second kappa shape index (κ2) is 9.07. The van der Waals surface area contributed by atoms with Gasteiger partial charge in [-0.25, -0.2) is 18.4 Å². The molecule has 2 aromatic heterocycles. The van der Waals surface area contributed by atoms with Crippen LogP contribution in [0.25, 0.3) is 10.2 Å². The molecule has 0 spiro atoms. The Morgan fingerprint density at radius 2 is 1.93 bits per heavy atom. The summed E-state index contributed by atoms with van der Waals surface area (Å²) in [5, 5.41) is 3.49. The number of rotatable bonds is 8. The molecule has 3 rings (SSSR count). The molecule has 10 heteroatoms. The van der Waals surface area contributed by atoms with E-state index in [0.29, 0.717) is 24.7 Å². The Kier molecular flexibility index (Phi) is 6.69. The van der Waals surface area contributed by atoms with Gasteiger partial charge < -0.3 is 10.1 Å². The second-order valence-electron chi connectivity index (χ2n) is 6.60. The van der Waals surface area contributed by atoms with Crippen LogP contribution in [0.4, 0.5) is 5.69 Å². The van der Waals surface area contributed by atoms with Gasteiger partial charge in [0.15, 0.2) is 6.61 Å². The summed E-state index contributed by atoms with van der Waals surface area (Å²) >= 11 is 1.55. The van der Waals surface area contributed by atoms with Gasteiger partial charge >= 0.3 is 0 Å². The highest BCUT2D eigenvalue weighted by Crippen LogP contribution is 2.33. The summed E-state index contributed by atoms with van der Waals surface area (Å²) in [5.41, 5.74) is 1.41. The largest absolute Gasteiger partial charge is 0.467 e. The van der Waals surface area contributed by atoms with Gasteiger partial charge in [-0.3, -0.25) is 4.79 Å². The average Bonchev–Trinajstić information content (AvgIpc) is 3.01. The highest BCUT2D eigenvalue weighted by atomic mass is 32.2. The van der Waals surface area contributed by atoms with Crippen molar-refractivity contribution >= 4 is 43.2 Å². The van der Waals surface area contributed by atoms with Crippen LogP contribution in [0.2, 0.25) is 0 Å². The van der Waals surface area contributed by atoms with Gasteiger partial charge in [0.05, 0.1) is 10.3 Å². The second-order valence-corrected chi connectivity index (χ2v) is 9.74. The smallest absolute Gasteiger partial charge is 0.262 e. The van der Waals surface area contributed by atoms with E-state index in [9.17, 15) is 13.2 Å². The summed E-state index contributed by atoms with van der Waals surface area (Å²) in [7, 11) is -3.61. The van der Waals surface area contributed by atoms with Gasteiger partial charge in [-0.15, -0.1) is 11.3 Å². The molecule has 1 N–H and O–H groups in total. The zero-order chi connectivity index (χ0) is 21.9. The molecular weight excluding hydrogens is 424 g/mol. The van der Waals surface area contributed by atoms with Crippen LogP contribution < -0.4 is 10.1 Å². The summed E-state index contributed by atoms with van der Waals surface area (Å²) in [5.74, 6) is -0.0568. The van der Waals surface area contributed by atoms with Crippen molar-refractivity contribution in [1.29, 1.82) is 0 Å². The van der Waals surface area contributed by atoms with Crippen molar-refractivity contribution < 1.29 is 17.9 Å². The van der Waals surface area contributed by atoms with Crippen molar-refractivity contribution in [3.8, 4) is 5.88 Å². The van der Waals surface area contributed by atoms with Crippen molar-refractivity contribution in [2.45, 2.75) is 32.6 Å². The van der Waals surface area contributed by atoms with Gasteiger partial charge in [-0.2, -0.15) is 4.31 Å². The number of fused-ring (bicyclic) bond motifs is 1. The molecule has 8 nitrogen and oxygen atoms in total. The van der Waals surface area contributed by atoms with Gasteiger partial charge in [0.2, 0.25) is 15.9 Å². The van der Waals surface area contributed by atoms with E-state index in [1.54, 1.807) is 37.3 Å². The lowest BCUT2D eigenvalue weighted by Crippen LogP contribution is -2.30. The number of carbonyl (C=O) groups is 1. The SMILES string of the molecule is CCN(CC)S(=O)(=O)c1cccc(NC(=O)COc2ncnc3sc(C)c(C)c23)c1. The van der Waals surface area contributed by atoms with E-state index in [1.807, 2.05) is 13.8 Å². The van der Waals surface area contributed by atoms with Gasteiger partial charge in [0.1, 0.15) is 11.2 Å². The number of hydrogen-bond acceptors (Lipinski definition) is 7. The fraction of sp³-hybridized carbons (Fsp3) is 0.350. The predicted molar refractivity (Wildman–Crippen MR) is 118 cm³/mol. The van der Waals surface area contributed by atoms with Crippen molar-refractivity contribution in [3.63, 3.8) is 0 Å². The van der Waals surface area contributed by atoms with Crippen molar-refractivity contribution in [2.24, 2.45) is 0 Å². The number of thiophene rings is 1. The minimum atomic E-state index is -3.61. The topological polar surface area (TPSA) is 101 Å². The summed E-state index contributed by atoms with van der Waals surface area (Å²) in [6, 6.07) is 6.19. The molecule has 0 saturated carbocycles. The fourth-order valence-corrected chi connectivity index (χ4v) is 5.53. The number of nitrogens with one attached hydrogen (secondary N) is 1. The quantitative estimate of drug-likeness (QED) is 0.567. The minimum Gasteiger partial charge on any atom is -0.467 e. The number of carbonyl (C=O) groups excluding carboxylic acids is 1. The minimum absolute atomic E-state index is 0.131. The van der Waals surface area contributed by atoms with Crippen molar-refractivity contribution in [1.82, 2.24) is 14.3 Å². The molecule has 160 valence electrons. The van der Waals surface area contributed by atoms with E-state index in [2.05, 4.69) is 15.3 Å². The molecule has 1 aromatic carbocycles. The molecule has 0 unspecified atom stereocenters. The summed E-state index contributed by atoms with van der Waals surface area (Å²) in [6.45, 7) is 8.02. The zero-order valence-corrected chi connectivity index (χ0v) is 18.9. The van der Waals surface area contributed by atoms with Crippen LogP contribution in [0, 0.1) is 13.8 Å². The highest BCUT2D eigenvalue weighted by Gasteiger charge is 2.22. The molecular formula is C20H24N4O4S2. The molecule has 0 fully saturated rings. The third-order valence-corrected chi connectivity index (χ3v) is 7.89. The van der Waals surface area contributed by atoms with Crippen molar-refractivity contribution in [3.05, 3.63) is 41.0 Å². The maximum Gasteiger partial charge on any atom is 0.262 e. The number of sulfonamides is 1. The number of amides is 1.